The van der Waals surface area contributed by atoms with Gasteiger partial charge < -0.3 is 19.5 Å². The van der Waals surface area contributed by atoms with Crippen LogP contribution >= 0.6 is 0 Å². The highest BCUT2D eigenvalue weighted by Gasteiger charge is 2.16. The molecule has 0 amide bonds. The standard InChI is InChI=1S/C16H25NO4/c1-6-21-16(18)11(2)10-17-12(3)13-7-8-14(19-4)15(9-13)20-5/h7-9,11-12,17H,6,10H2,1-5H3. The highest BCUT2D eigenvalue weighted by atomic mass is 16.5. The Kier molecular flexibility index (Phi) is 7.02. The van der Waals surface area contributed by atoms with Crippen LogP contribution in [0.25, 0.3) is 0 Å². The molecular weight excluding hydrogens is 270 g/mol. The van der Waals surface area contributed by atoms with Crippen LogP contribution in [-0.4, -0.2) is 33.3 Å². The molecule has 0 heterocycles. The quantitative estimate of drug-likeness (QED) is 0.747. The molecule has 1 N–H and O–H groups in total. The maximum atomic E-state index is 11.6. The van der Waals surface area contributed by atoms with Crippen LogP contribution < -0.4 is 14.8 Å². The van der Waals surface area contributed by atoms with Gasteiger partial charge in [0.15, 0.2) is 11.5 Å². The third kappa shape index (κ3) is 4.93. The maximum Gasteiger partial charge on any atom is 0.309 e. The highest BCUT2D eigenvalue weighted by molar-refractivity contribution is 5.72. The zero-order valence-corrected chi connectivity index (χ0v) is 13.4. The number of esters is 1. The number of ether oxygens (including phenoxy) is 3. The first kappa shape index (κ1) is 17.3. The van der Waals surface area contributed by atoms with Crippen molar-refractivity contribution < 1.29 is 19.0 Å². The Morgan fingerprint density at radius 1 is 1.19 bits per heavy atom. The van der Waals surface area contributed by atoms with Crippen LogP contribution in [0.5, 0.6) is 11.5 Å². The van der Waals surface area contributed by atoms with Crippen molar-refractivity contribution >= 4 is 5.97 Å². The van der Waals surface area contributed by atoms with Gasteiger partial charge in [0.05, 0.1) is 26.7 Å². The topological polar surface area (TPSA) is 56.8 Å². The molecule has 1 aromatic rings. The molecule has 0 radical (unpaired) electrons. The van der Waals surface area contributed by atoms with Gasteiger partial charge in [0.1, 0.15) is 0 Å². The summed E-state index contributed by atoms with van der Waals surface area (Å²) in [6, 6.07) is 5.89. The van der Waals surface area contributed by atoms with Crippen molar-refractivity contribution in [2.45, 2.75) is 26.8 Å². The smallest absolute Gasteiger partial charge is 0.309 e. The minimum Gasteiger partial charge on any atom is -0.493 e. The molecule has 0 saturated carbocycles. The molecule has 0 bridgehead atoms. The van der Waals surface area contributed by atoms with Gasteiger partial charge in [0.2, 0.25) is 0 Å². The monoisotopic (exact) mass is 295 g/mol. The van der Waals surface area contributed by atoms with Gasteiger partial charge in [-0.1, -0.05) is 13.0 Å². The summed E-state index contributed by atoms with van der Waals surface area (Å²) in [6.45, 7) is 6.68. The summed E-state index contributed by atoms with van der Waals surface area (Å²) in [4.78, 5) is 11.6. The number of benzene rings is 1. The van der Waals surface area contributed by atoms with E-state index in [-0.39, 0.29) is 17.9 Å². The minimum atomic E-state index is -0.176. The maximum absolute atomic E-state index is 11.6. The predicted molar refractivity (Wildman–Crippen MR) is 81.8 cm³/mol. The number of hydrogen-bond donors (Lipinski definition) is 1. The van der Waals surface area contributed by atoms with E-state index in [1.165, 1.54) is 0 Å². The summed E-state index contributed by atoms with van der Waals surface area (Å²) in [6.07, 6.45) is 0. The third-order valence-electron chi connectivity index (χ3n) is 3.33. The van der Waals surface area contributed by atoms with E-state index in [9.17, 15) is 4.79 Å². The number of nitrogens with one attached hydrogen (secondary N) is 1. The molecule has 5 heteroatoms. The summed E-state index contributed by atoms with van der Waals surface area (Å²) < 4.78 is 15.5. The molecule has 0 spiro atoms. The second-order valence-electron chi connectivity index (χ2n) is 4.90. The highest BCUT2D eigenvalue weighted by Crippen LogP contribution is 2.29. The van der Waals surface area contributed by atoms with E-state index in [4.69, 9.17) is 14.2 Å². The van der Waals surface area contributed by atoms with E-state index in [1.54, 1.807) is 14.2 Å². The van der Waals surface area contributed by atoms with Crippen LogP contribution in [0.1, 0.15) is 32.4 Å². The fourth-order valence-electron chi connectivity index (χ4n) is 1.96. The molecule has 0 aliphatic carbocycles. The first-order chi connectivity index (χ1) is 10.0. The molecule has 2 unspecified atom stereocenters. The first-order valence-corrected chi connectivity index (χ1v) is 7.15. The molecule has 118 valence electrons. The predicted octanol–water partition coefficient (Wildman–Crippen LogP) is 2.55. The fraction of sp³-hybridized carbons (Fsp3) is 0.562. The normalized spacial score (nSPS) is 13.4. The molecule has 1 rings (SSSR count). The van der Waals surface area contributed by atoms with Gasteiger partial charge in [-0.2, -0.15) is 0 Å². The summed E-state index contributed by atoms with van der Waals surface area (Å²) in [5.74, 6) is 1.05. The van der Waals surface area contributed by atoms with Crippen LogP contribution in [-0.2, 0) is 9.53 Å². The Morgan fingerprint density at radius 2 is 1.86 bits per heavy atom. The van der Waals surface area contributed by atoms with Gasteiger partial charge in [0, 0.05) is 12.6 Å². The number of rotatable bonds is 8. The summed E-state index contributed by atoms with van der Waals surface area (Å²) in [5, 5.41) is 3.33. The van der Waals surface area contributed by atoms with Crippen LogP contribution in [0.15, 0.2) is 18.2 Å². The Hall–Kier alpha value is -1.75. The van der Waals surface area contributed by atoms with Crippen molar-refractivity contribution in [3.8, 4) is 11.5 Å². The van der Waals surface area contributed by atoms with E-state index < -0.39 is 0 Å². The summed E-state index contributed by atoms with van der Waals surface area (Å²) in [7, 11) is 3.22. The van der Waals surface area contributed by atoms with Gasteiger partial charge >= 0.3 is 5.97 Å². The molecule has 1 aromatic carbocycles. The van der Waals surface area contributed by atoms with Gasteiger partial charge in [-0.05, 0) is 31.5 Å². The SMILES string of the molecule is CCOC(=O)C(C)CNC(C)c1ccc(OC)c(OC)c1. The van der Waals surface area contributed by atoms with E-state index >= 15 is 0 Å². The number of hydrogen-bond acceptors (Lipinski definition) is 5. The van der Waals surface area contributed by atoms with Crippen molar-refractivity contribution in [3.63, 3.8) is 0 Å². The van der Waals surface area contributed by atoms with Crippen molar-refractivity contribution in [2.75, 3.05) is 27.4 Å². The number of methoxy groups -OCH3 is 2. The average Bonchev–Trinajstić information content (AvgIpc) is 2.51. The molecule has 0 aliphatic rings. The third-order valence-corrected chi connectivity index (χ3v) is 3.33. The van der Waals surface area contributed by atoms with Gasteiger partial charge in [-0.3, -0.25) is 4.79 Å². The molecule has 5 nitrogen and oxygen atoms in total. The van der Waals surface area contributed by atoms with Crippen molar-refractivity contribution in [1.29, 1.82) is 0 Å². The number of carbonyl (C=O) groups excluding carboxylic acids is 1. The van der Waals surface area contributed by atoms with E-state index in [1.807, 2.05) is 39.0 Å². The van der Waals surface area contributed by atoms with Gasteiger partial charge in [-0.15, -0.1) is 0 Å². The fourth-order valence-corrected chi connectivity index (χ4v) is 1.96. The van der Waals surface area contributed by atoms with Crippen LogP contribution in [0.3, 0.4) is 0 Å². The molecule has 2 atom stereocenters. The van der Waals surface area contributed by atoms with Crippen molar-refractivity contribution in [2.24, 2.45) is 5.92 Å². The lowest BCUT2D eigenvalue weighted by Gasteiger charge is -2.18. The van der Waals surface area contributed by atoms with Gasteiger partial charge in [-0.25, -0.2) is 0 Å². The van der Waals surface area contributed by atoms with Crippen LogP contribution in [0.2, 0.25) is 0 Å². The Morgan fingerprint density at radius 3 is 2.43 bits per heavy atom. The summed E-state index contributed by atoms with van der Waals surface area (Å²) in [5.41, 5.74) is 1.07. The lowest BCUT2D eigenvalue weighted by molar-refractivity contribution is -0.147. The number of carbonyl (C=O) groups is 1. The zero-order chi connectivity index (χ0) is 15.8. The lowest BCUT2D eigenvalue weighted by atomic mass is 10.1. The second kappa shape index (κ2) is 8.52. The van der Waals surface area contributed by atoms with Crippen LogP contribution in [0, 0.1) is 5.92 Å². The minimum absolute atomic E-state index is 0.0988. The Balaban J connectivity index is 2.63. The van der Waals surface area contributed by atoms with Crippen LogP contribution in [0.4, 0.5) is 0 Å². The molecule has 0 aromatic heterocycles. The Bertz CT molecular complexity index is 462. The molecule has 0 fully saturated rings. The lowest BCUT2D eigenvalue weighted by Crippen LogP contribution is -2.29. The second-order valence-corrected chi connectivity index (χ2v) is 4.90. The van der Waals surface area contributed by atoms with Gasteiger partial charge in [0.25, 0.3) is 0 Å². The molecular formula is C16H25NO4. The van der Waals surface area contributed by atoms with Crippen molar-refractivity contribution in [1.82, 2.24) is 5.32 Å². The molecule has 0 saturated heterocycles. The zero-order valence-electron chi connectivity index (χ0n) is 13.4. The van der Waals surface area contributed by atoms with E-state index in [0.29, 0.717) is 24.7 Å². The molecule has 0 aliphatic heterocycles. The van der Waals surface area contributed by atoms with E-state index in [2.05, 4.69) is 5.32 Å². The Labute approximate surface area is 126 Å². The van der Waals surface area contributed by atoms with E-state index in [0.717, 1.165) is 5.56 Å². The molecule has 21 heavy (non-hydrogen) atoms. The average molecular weight is 295 g/mol. The first-order valence-electron chi connectivity index (χ1n) is 7.15. The van der Waals surface area contributed by atoms with Crippen molar-refractivity contribution in [3.05, 3.63) is 23.8 Å². The summed E-state index contributed by atoms with van der Waals surface area (Å²) >= 11 is 0. The largest absolute Gasteiger partial charge is 0.493 e.